The van der Waals surface area contributed by atoms with Crippen molar-refractivity contribution < 1.29 is 23.8 Å². The Kier molecular flexibility index (Phi) is 8.75. The molecule has 0 bridgehead atoms. The van der Waals surface area contributed by atoms with Crippen LogP contribution in [-0.4, -0.2) is 34.0 Å². The van der Waals surface area contributed by atoms with Crippen LogP contribution in [0.4, 0.5) is 4.39 Å². The molecule has 0 aliphatic carbocycles. The number of carbonyl (C=O) groups excluding carboxylic acids is 1. The number of morpholine rings is 1. The molecule has 1 fully saturated rings. The maximum Gasteiger partial charge on any atom is 0.326 e. The Bertz CT molecular complexity index is 1270. The summed E-state index contributed by atoms with van der Waals surface area (Å²) >= 11 is 18.9. The lowest BCUT2D eigenvalue weighted by Crippen LogP contribution is -2.57. The summed E-state index contributed by atoms with van der Waals surface area (Å²) in [6.07, 6.45) is -0.917. The molecule has 1 aliphatic heterocycles. The third-order valence-corrected chi connectivity index (χ3v) is 7.24. The lowest BCUT2D eigenvalue weighted by molar-refractivity contribution is -0.184. The number of rotatable bonds is 8. The predicted octanol–water partition coefficient (Wildman–Crippen LogP) is 7.29. The minimum absolute atomic E-state index is 0.128. The molecular weight excluding hydrogens is 540 g/mol. The zero-order valence-electron chi connectivity index (χ0n) is 19.9. The van der Waals surface area contributed by atoms with E-state index in [4.69, 9.17) is 39.5 Å². The average Bonchev–Trinajstić information content (AvgIpc) is 2.86. The number of aliphatic carboxylic acids is 1. The van der Waals surface area contributed by atoms with Crippen molar-refractivity contribution in [3.63, 3.8) is 0 Å². The molecule has 0 aromatic heterocycles. The molecule has 0 radical (unpaired) electrons. The average molecular weight is 565 g/mol. The van der Waals surface area contributed by atoms with E-state index in [1.807, 2.05) is 6.92 Å². The molecule has 4 rings (SSSR count). The van der Waals surface area contributed by atoms with E-state index in [-0.39, 0.29) is 12.8 Å². The van der Waals surface area contributed by atoms with Gasteiger partial charge in [-0.15, -0.1) is 0 Å². The summed E-state index contributed by atoms with van der Waals surface area (Å²) < 4.78 is 19.9. The van der Waals surface area contributed by atoms with Crippen LogP contribution in [0.1, 0.15) is 48.6 Å². The van der Waals surface area contributed by atoms with Gasteiger partial charge in [-0.2, -0.15) is 0 Å². The first-order chi connectivity index (χ1) is 17.7. The molecule has 1 saturated heterocycles. The summed E-state index contributed by atoms with van der Waals surface area (Å²) in [5.41, 5.74) is 1.89. The molecule has 5 nitrogen and oxygen atoms in total. The summed E-state index contributed by atoms with van der Waals surface area (Å²) in [5.74, 6) is -1.98. The molecule has 1 amide bonds. The molecule has 1 N–H and O–H groups in total. The smallest absolute Gasteiger partial charge is 0.326 e. The van der Waals surface area contributed by atoms with Crippen LogP contribution in [0, 0.1) is 5.82 Å². The SMILES string of the molecule is CCC[C@@H](C(=O)O)N1C(=O)[C@H](Cc2ccc(F)cc2)O[C@@H](c2ccc(Cl)cc2Cl)[C@H]1c1ccc(Cl)cc1. The number of carbonyl (C=O) groups is 2. The molecule has 0 spiro atoms. The van der Waals surface area contributed by atoms with Gasteiger partial charge in [0.2, 0.25) is 0 Å². The minimum atomic E-state index is -1.11. The Balaban J connectivity index is 1.88. The molecule has 4 atom stereocenters. The molecule has 37 heavy (non-hydrogen) atoms. The van der Waals surface area contributed by atoms with Crippen molar-refractivity contribution in [2.24, 2.45) is 0 Å². The second-order valence-corrected chi connectivity index (χ2v) is 10.2. The first-order valence-corrected chi connectivity index (χ1v) is 13.0. The first kappa shape index (κ1) is 27.4. The van der Waals surface area contributed by atoms with E-state index in [1.54, 1.807) is 54.6 Å². The first-order valence-electron chi connectivity index (χ1n) is 11.8. The minimum Gasteiger partial charge on any atom is -0.480 e. The Morgan fingerprint density at radius 3 is 2.27 bits per heavy atom. The number of ether oxygens (including phenoxy) is 1. The van der Waals surface area contributed by atoms with Crippen molar-refractivity contribution in [3.05, 3.63) is 104 Å². The van der Waals surface area contributed by atoms with Crippen LogP contribution < -0.4 is 0 Å². The highest BCUT2D eigenvalue weighted by molar-refractivity contribution is 6.35. The molecule has 1 heterocycles. The fourth-order valence-corrected chi connectivity index (χ4v) is 5.34. The summed E-state index contributed by atoms with van der Waals surface area (Å²) in [6, 6.07) is 15.7. The van der Waals surface area contributed by atoms with Crippen molar-refractivity contribution in [2.75, 3.05) is 0 Å². The van der Waals surface area contributed by atoms with Crippen LogP contribution >= 0.6 is 34.8 Å². The third-order valence-electron chi connectivity index (χ3n) is 6.43. The lowest BCUT2D eigenvalue weighted by atomic mass is 9.88. The van der Waals surface area contributed by atoms with Gasteiger partial charge in [-0.25, -0.2) is 9.18 Å². The normalized spacial score (nSPS) is 20.6. The van der Waals surface area contributed by atoms with Crippen molar-refractivity contribution in [2.45, 2.75) is 50.5 Å². The van der Waals surface area contributed by atoms with Crippen molar-refractivity contribution in [1.82, 2.24) is 4.90 Å². The number of halogens is 4. The lowest BCUT2D eigenvalue weighted by Gasteiger charge is -2.47. The van der Waals surface area contributed by atoms with E-state index < -0.39 is 42.0 Å². The Morgan fingerprint density at radius 1 is 1.03 bits per heavy atom. The Labute approximate surface area is 229 Å². The van der Waals surface area contributed by atoms with E-state index in [9.17, 15) is 19.1 Å². The van der Waals surface area contributed by atoms with Gasteiger partial charge in [0.1, 0.15) is 24.1 Å². The van der Waals surface area contributed by atoms with Crippen molar-refractivity contribution in [1.29, 1.82) is 0 Å². The number of carboxylic acid groups (broad SMARTS) is 1. The molecule has 1 aliphatic rings. The predicted molar refractivity (Wildman–Crippen MR) is 142 cm³/mol. The van der Waals surface area contributed by atoms with Gasteiger partial charge in [-0.3, -0.25) is 4.79 Å². The maximum absolute atomic E-state index is 14.0. The van der Waals surface area contributed by atoms with Gasteiger partial charge in [0.25, 0.3) is 5.91 Å². The fourth-order valence-electron chi connectivity index (χ4n) is 4.70. The molecule has 9 heteroatoms. The monoisotopic (exact) mass is 563 g/mol. The second kappa shape index (κ2) is 11.8. The van der Waals surface area contributed by atoms with Crippen LogP contribution in [0.3, 0.4) is 0 Å². The van der Waals surface area contributed by atoms with E-state index in [0.29, 0.717) is 38.2 Å². The summed E-state index contributed by atoms with van der Waals surface area (Å²) in [6.45, 7) is 1.86. The largest absolute Gasteiger partial charge is 0.480 e. The van der Waals surface area contributed by atoms with Crippen LogP contribution in [-0.2, 0) is 20.7 Å². The molecule has 3 aromatic carbocycles. The topological polar surface area (TPSA) is 66.8 Å². The van der Waals surface area contributed by atoms with Gasteiger partial charge in [0, 0.05) is 27.1 Å². The number of carboxylic acids is 1. The van der Waals surface area contributed by atoms with Crippen LogP contribution in [0.25, 0.3) is 0 Å². The van der Waals surface area contributed by atoms with Crippen LogP contribution in [0.2, 0.25) is 15.1 Å². The zero-order chi connectivity index (χ0) is 26.7. The Hall–Kier alpha value is -2.64. The number of amides is 1. The quantitative estimate of drug-likeness (QED) is 0.312. The number of hydrogen-bond acceptors (Lipinski definition) is 3. The standard InChI is InChI=1S/C28H25Cl3FNO4/c1-2-3-23(28(35)36)33-25(17-6-8-18(29)9-7-17)26(21-13-10-19(30)15-22(21)31)37-24(27(33)34)14-16-4-11-20(32)12-5-16/h4-13,15,23-26H,2-3,14H2,1H3,(H,35,36)/t23-,24-,25+,26-/m0/s1. The second-order valence-electron chi connectivity index (χ2n) is 8.93. The molecule has 194 valence electrons. The molecule has 3 aromatic rings. The van der Waals surface area contributed by atoms with Crippen molar-refractivity contribution in [3.8, 4) is 0 Å². The van der Waals surface area contributed by atoms with E-state index in [0.717, 1.165) is 0 Å². The maximum atomic E-state index is 14.0. The van der Waals surface area contributed by atoms with Gasteiger partial charge in [-0.05, 0) is 53.9 Å². The molecule has 0 unspecified atom stereocenters. The van der Waals surface area contributed by atoms with Crippen LogP contribution in [0.5, 0.6) is 0 Å². The van der Waals surface area contributed by atoms with Gasteiger partial charge in [-0.1, -0.05) is 78.5 Å². The fraction of sp³-hybridized carbons (Fsp3) is 0.286. The van der Waals surface area contributed by atoms with E-state index in [2.05, 4.69) is 0 Å². The molecule has 0 saturated carbocycles. The van der Waals surface area contributed by atoms with Crippen molar-refractivity contribution >= 4 is 46.7 Å². The van der Waals surface area contributed by atoms with E-state index in [1.165, 1.54) is 17.0 Å². The Morgan fingerprint density at radius 2 is 1.68 bits per heavy atom. The summed E-state index contributed by atoms with van der Waals surface area (Å²) in [7, 11) is 0. The number of nitrogens with zero attached hydrogens (tertiary/aromatic N) is 1. The highest BCUT2D eigenvalue weighted by Gasteiger charge is 2.48. The van der Waals surface area contributed by atoms with Gasteiger partial charge >= 0.3 is 5.97 Å². The van der Waals surface area contributed by atoms with E-state index >= 15 is 0 Å². The van der Waals surface area contributed by atoms with Gasteiger partial charge < -0.3 is 14.7 Å². The highest BCUT2D eigenvalue weighted by Crippen LogP contribution is 2.46. The third kappa shape index (κ3) is 6.10. The molecular formula is C28H25Cl3FNO4. The highest BCUT2D eigenvalue weighted by atomic mass is 35.5. The number of hydrogen-bond donors (Lipinski definition) is 1. The summed E-state index contributed by atoms with van der Waals surface area (Å²) in [5, 5.41) is 11.4. The van der Waals surface area contributed by atoms with Gasteiger partial charge in [0.05, 0.1) is 6.04 Å². The van der Waals surface area contributed by atoms with Crippen LogP contribution in [0.15, 0.2) is 66.7 Å². The van der Waals surface area contributed by atoms with Gasteiger partial charge in [0.15, 0.2) is 0 Å². The number of benzene rings is 3. The zero-order valence-corrected chi connectivity index (χ0v) is 22.2. The summed E-state index contributed by atoms with van der Waals surface area (Å²) in [4.78, 5) is 27.9.